The highest BCUT2D eigenvalue weighted by atomic mass is 32.2. The van der Waals surface area contributed by atoms with Gasteiger partial charge in [-0.2, -0.15) is 0 Å². The summed E-state index contributed by atoms with van der Waals surface area (Å²) < 4.78 is 10.7. The van der Waals surface area contributed by atoms with Gasteiger partial charge in [0.15, 0.2) is 0 Å². The van der Waals surface area contributed by atoms with E-state index in [0.29, 0.717) is 24.7 Å². The zero-order valence-corrected chi connectivity index (χ0v) is 19.3. The zero-order chi connectivity index (χ0) is 23.4. The molecule has 2 aromatic carbocycles. The second kappa shape index (κ2) is 10.1. The Kier molecular flexibility index (Phi) is 7.00. The molecule has 0 spiro atoms. The van der Waals surface area contributed by atoms with Crippen LogP contribution >= 0.6 is 11.8 Å². The monoisotopic (exact) mass is 467 g/mol. The largest absolute Gasteiger partial charge is 0.496 e. The highest BCUT2D eigenvalue weighted by molar-refractivity contribution is 8.18. The second-order valence-corrected chi connectivity index (χ2v) is 8.65. The Bertz CT molecular complexity index is 1110. The SMILES string of the molecule is COc1cc(/C=C2/SC(=O)N(CC(=O)Nc3ccccc3N3CCOCC3)C2=O)ccc1C. The molecule has 0 aliphatic carbocycles. The highest BCUT2D eigenvalue weighted by Gasteiger charge is 2.36. The minimum absolute atomic E-state index is 0.271. The molecule has 4 rings (SSSR count). The fraction of sp³-hybridized carbons (Fsp3) is 0.292. The van der Waals surface area contributed by atoms with E-state index in [9.17, 15) is 14.4 Å². The first-order valence-corrected chi connectivity index (χ1v) is 11.4. The number of ether oxygens (including phenoxy) is 2. The molecular formula is C24H25N3O5S. The van der Waals surface area contributed by atoms with E-state index in [2.05, 4.69) is 10.2 Å². The normalized spacial score (nSPS) is 17.6. The molecule has 2 saturated heterocycles. The quantitative estimate of drug-likeness (QED) is 0.651. The summed E-state index contributed by atoms with van der Waals surface area (Å²) in [6, 6.07) is 13.0. The standard InChI is InChI=1S/C24H25N3O5S/c1-16-7-8-17(13-20(16)31-2)14-21-23(29)27(24(30)33-21)15-22(28)25-18-5-3-4-6-19(18)26-9-11-32-12-10-26/h3-8,13-14H,9-12,15H2,1-2H3,(H,25,28)/b21-14+. The summed E-state index contributed by atoms with van der Waals surface area (Å²) in [6.07, 6.45) is 1.64. The molecule has 0 aromatic heterocycles. The maximum atomic E-state index is 12.8. The van der Waals surface area contributed by atoms with E-state index in [0.717, 1.165) is 46.6 Å². The van der Waals surface area contributed by atoms with Crippen LogP contribution in [0.2, 0.25) is 0 Å². The van der Waals surface area contributed by atoms with Gasteiger partial charge in [-0.1, -0.05) is 24.3 Å². The van der Waals surface area contributed by atoms with Crippen LogP contribution < -0.4 is 15.0 Å². The molecule has 3 amide bonds. The number of carbonyl (C=O) groups excluding carboxylic acids is 3. The molecule has 172 valence electrons. The van der Waals surface area contributed by atoms with E-state index in [4.69, 9.17) is 9.47 Å². The van der Waals surface area contributed by atoms with Crippen LogP contribution in [0, 0.1) is 6.92 Å². The van der Waals surface area contributed by atoms with Gasteiger partial charge in [-0.15, -0.1) is 0 Å². The Morgan fingerprint density at radius 2 is 1.94 bits per heavy atom. The van der Waals surface area contributed by atoms with E-state index in [-0.39, 0.29) is 11.4 Å². The van der Waals surface area contributed by atoms with Crippen LogP contribution in [0.15, 0.2) is 47.4 Å². The Morgan fingerprint density at radius 1 is 1.18 bits per heavy atom. The number of hydrogen-bond acceptors (Lipinski definition) is 7. The molecule has 2 heterocycles. The van der Waals surface area contributed by atoms with Crippen molar-refractivity contribution < 1.29 is 23.9 Å². The van der Waals surface area contributed by atoms with E-state index in [1.807, 2.05) is 37.3 Å². The number of amides is 3. The van der Waals surface area contributed by atoms with E-state index < -0.39 is 17.1 Å². The maximum Gasteiger partial charge on any atom is 0.294 e. The Labute approximate surface area is 196 Å². The van der Waals surface area contributed by atoms with Crippen LogP contribution in [0.1, 0.15) is 11.1 Å². The highest BCUT2D eigenvalue weighted by Crippen LogP contribution is 2.33. The van der Waals surface area contributed by atoms with Crippen LogP contribution in [0.3, 0.4) is 0 Å². The lowest BCUT2D eigenvalue weighted by atomic mass is 10.1. The molecule has 0 atom stereocenters. The van der Waals surface area contributed by atoms with Gasteiger partial charge in [0.05, 0.1) is 36.6 Å². The fourth-order valence-corrected chi connectivity index (χ4v) is 4.55. The van der Waals surface area contributed by atoms with Crippen LogP contribution in [-0.2, 0) is 14.3 Å². The molecule has 2 aromatic rings. The minimum atomic E-state index is -0.485. The van der Waals surface area contributed by atoms with Gasteiger partial charge in [-0.25, -0.2) is 0 Å². The van der Waals surface area contributed by atoms with E-state index in [1.54, 1.807) is 25.3 Å². The molecule has 2 aliphatic rings. The van der Waals surface area contributed by atoms with E-state index >= 15 is 0 Å². The second-order valence-electron chi connectivity index (χ2n) is 7.66. The zero-order valence-electron chi connectivity index (χ0n) is 18.5. The number of rotatable bonds is 6. The van der Waals surface area contributed by atoms with Crippen LogP contribution in [-0.4, -0.2) is 61.9 Å². The predicted molar refractivity (Wildman–Crippen MR) is 129 cm³/mol. The smallest absolute Gasteiger partial charge is 0.294 e. The Morgan fingerprint density at radius 3 is 2.70 bits per heavy atom. The molecule has 8 nitrogen and oxygen atoms in total. The Hall–Kier alpha value is -3.30. The van der Waals surface area contributed by atoms with Gasteiger partial charge in [-0.3, -0.25) is 19.3 Å². The topological polar surface area (TPSA) is 88.2 Å². The molecular weight excluding hydrogens is 442 g/mol. The van der Waals surface area contributed by atoms with E-state index in [1.165, 1.54) is 0 Å². The van der Waals surface area contributed by atoms with Crippen molar-refractivity contribution in [3.8, 4) is 5.75 Å². The molecule has 0 saturated carbocycles. The first kappa shape index (κ1) is 22.9. The maximum absolute atomic E-state index is 12.8. The Balaban J connectivity index is 1.45. The first-order valence-electron chi connectivity index (χ1n) is 10.6. The summed E-state index contributed by atoms with van der Waals surface area (Å²) in [7, 11) is 1.58. The van der Waals surface area contributed by atoms with Crippen molar-refractivity contribution in [3.63, 3.8) is 0 Å². The number of morpholine rings is 1. The number of hydrogen-bond donors (Lipinski definition) is 1. The molecule has 0 radical (unpaired) electrons. The van der Waals surface area contributed by atoms with Gasteiger partial charge in [0, 0.05) is 13.1 Å². The number of imide groups is 1. The number of nitrogens with one attached hydrogen (secondary N) is 1. The van der Waals surface area contributed by atoms with Gasteiger partial charge in [0.2, 0.25) is 5.91 Å². The van der Waals surface area contributed by atoms with Crippen molar-refractivity contribution in [1.82, 2.24) is 4.90 Å². The van der Waals surface area contributed by atoms with Crippen molar-refractivity contribution >= 4 is 46.3 Å². The average molecular weight is 468 g/mol. The lowest BCUT2D eigenvalue weighted by Gasteiger charge is -2.30. The minimum Gasteiger partial charge on any atom is -0.496 e. The third-order valence-corrected chi connectivity index (χ3v) is 6.34. The van der Waals surface area contributed by atoms with Gasteiger partial charge in [0.25, 0.3) is 11.1 Å². The third-order valence-electron chi connectivity index (χ3n) is 5.44. The fourth-order valence-electron chi connectivity index (χ4n) is 3.71. The molecule has 0 bridgehead atoms. The third kappa shape index (κ3) is 5.20. The molecule has 2 fully saturated rings. The number of anilines is 2. The van der Waals surface area contributed by atoms with Crippen LogP contribution in [0.4, 0.5) is 16.2 Å². The van der Waals surface area contributed by atoms with Crippen molar-refractivity contribution in [2.24, 2.45) is 0 Å². The summed E-state index contributed by atoms with van der Waals surface area (Å²) in [5.41, 5.74) is 3.23. The van der Waals surface area contributed by atoms with Gasteiger partial charge in [-0.05, 0) is 54.1 Å². The van der Waals surface area contributed by atoms with Gasteiger partial charge in [0.1, 0.15) is 12.3 Å². The van der Waals surface area contributed by atoms with Crippen molar-refractivity contribution in [2.45, 2.75) is 6.92 Å². The van der Waals surface area contributed by atoms with Crippen molar-refractivity contribution in [1.29, 1.82) is 0 Å². The van der Waals surface area contributed by atoms with Crippen LogP contribution in [0.25, 0.3) is 6.08 Å². The number of methoxy groups -OCH3 is 1. The van der Waals surface area contributed by atoms with Crippen LogP contribution in [0.5, 0.6) is 5.75 Å². The predicted octanol–water partition coefficient (Wildman–Crippen LogP) is 3.52. The molecule has 1 N–H and O–H groups in total. The average Bonchev–Trinajstić information content (AvgIpc) is 3.08. The van der Waals surface area contributed by atoms with Crippen molar-refractivity contribution in [3.05, 3.63) is 58.5 Å². The van der Waals surface area contributed by atoms with Gasteiger partial charge < -0.3 is 19.7 Å². The molecule has 2 aliphatic heterocycles. The number of para-hydroxylation sites is 2. The number of aryl methyl sites for hydroxylation is 1. The summed E-state index contributed by atoms with van der Waals surface area (Å²) in [5, 5.41) is 2.38. The summed E-state index contributed by atoms with van der Waals surface area (Å²) in [4.78, 5) is 41.4. The first-order chi connectivity index (χ1) is 16.0. The summed E-state index contributed by atoms with van der Waals surface area (Å²) in [6.45, 7) is 4.27. The molecule has 33 heavy (non-hydrogen) atoms. The number of benzene rings is 2. The lowest BCUT2D eigenvalue weighted by Crippen LogP contribution is -2.38. The number of carbonyl (C=O) groups is 3. The summed E-state index contributed by atoms with van der Waals surface area (Å²) in [5.74, 6) is -0.223. The van der Waals surface area contributed by atoms with Gasteiger partial charge >= 0.3 is 0 Å². The molecule has 9 heteroatoms. The van der Waals surface area contributed by atoms with Crippen molar-refractivity contribution in [2.75, 3.05) is 50.2 Å². The molecule has 0 unspecified atom stereocenters. The lowest BCUT2D eigenvalue weighted by molar-refractivity contribution is -0.127. The number of thioether (sulfide) groups is 1. The summed E-state index contributed by atoms with van der Waals surface area (Å²) >= 11 is 0.824. The number of nitrogens with zero attached hydrogens (tertiary/aromatic N) is 2.